The predicted molar refractivity (Wildman–Crippen MR) is 111 cm³/mol. The minimum absolute atomic E-state index is 0.0331. The van der Waals surface area contributed by atoms with Gasteiger partial charge in [0.1, 0.15) is 22.7 Å². The molecule has 1 N–H and O–H groups in total. The number of furan rings is 1. The van der Waals surface area contributed by atoms with E-state index >= 15 is 0 Å². The Balaban J connectivity index is 1.78. The molecule has 0 bridgehead atoms. The third-order valence-electron chi connectivity index (χ3n) is 4.92. The largest absolute Gasteiger partial charge is 0.495 e. The van der Waals surface area contributed by atoms with Crippen LogP contribution in [-0.2, 0) is 0 Å². The molecule has 0 radical (unpaired) electrons. The van der Waals surface area contributed by atoms with Crippen molar-refractivity contribution in [2.45, 2.75) is 32.8 Å². The summed E-state index contributed by atoms with van der Waals surface area (Å²) in [7, 11) is 1.50. The zero-order chi connectivity index (χ0) is 20.9. The monoisotopic (exact) mass is 413 g/mol. The lowest BCUT2D eigenvalue weighted by Crippen LogP contribution is -2.35. The van der Waals surface area contributed by atoms with Crippen LogP contribution in [0.5, 0.6) is 11.5 Å². The van der Waals surface area contributed by atoms with Crippen LogP contribution in [0.4, 0.5) is 5.69 Å². The van der Waals surface area contributed by atoms with E-state index in [1.54, 1.807) is 37.3 Å². The summed E-state index contributed by atoms with van der Waals surface area (Å²) in [6.45, 7) is 5.50. The molecule has 0 fully saturated rings. The first-order valence-corrected chi connectivity index (χ1v) is 9.51. The molecule has 6 nitrogen and oxygen atoms in total. The Bertz CT molecular complexity index is 1160. The number of hydrogen-bond donors (Lipinski definition) is 1. The lowest BCUT2D eigenvalue weighted by molar-refractivity contribution is 0.0623. The van der Waals surface area contributed by atoms with Gasteiger partial charge >= 0.3 is 0 Å². The van der Waals surface area contributed by atoms with Crippen molar-refractivity contribution in [1.29, 1.82) is 0 Å². The highest BCUT2D eigenvalue weighted by atomic mass is 35.5. The maximum atomic E-state index is 12.9. The van der Waals surface area contributed by atoms with Crippen molar-refractivity contribution < 1.29 is 23.5 Å². The molecule has 2 aromatic carbocycles. The van der Waals surface area contributed by atoms with Gasteiger partial charge in [-0.2, -0.15) is 0 Å². The Labute approximate surface area is 172 Å². The van der Waals surface area contributed by atoms with Crippen molar-refractivity contribution in [1.82, 2.24) is 0 Å². The minimum atomic E-state index is -0.571. The number of Topliss-reactive ketones (excluding diaryl/α,β-unsaturated/α-hetero) is 1. The number of methoxy groups -OCH3 is 1. The first-order chi connectivity index (χ1) is 13.7. The summed E-state index contributed by atoms with van der Waals surface area (Å²) in [5.41, 5.74) is 1.35. The summed E-state index contributed by atoms with van der Waals surface area (Å²) < 4.78 is 17.0. The Hall–Kier alpha value is -2.99. The molecule has 7 heteroatoms. The van der Waals surface area contributed by atoms with Gasteiger partial charge in [0.15, 0.2) is 11.5 Å². The van der Waals surface area contributed by atoms with E-state index in [0.29, 0.717) is 44.3 Å². The summed E-state index contributed by atoms with van der Waals surface area (Å²) in [6.07, 6.45) is 0.255. The molecule has 0 unspecified atom stereocenters. The molecular weight excluding hydrogens is 394 g/mol. The second-order valence-corrected chi connectivity index (χ2v) is 8.06. The highest BCUT2D eigenvalue weighted by molar-refractivity contribution is 6.31. The number of hydrogen-bond acceptors (Lipinski definition) is 5. The molecule has 1 aliphatic rings. The van der Waals surface area contributed by atoms with Crippen molar-refractivity contribution in [2.75, 3.05) is 12.4 Å². The number of ketones is 1. The molecule has 0 aliphatic carbocycles. The molecule has 1 amide bonds. The van der Waals surface area contributed by atoms with Crippen molar-refractivity contribution >= 4 is 39.9 Å². The first kappa shape index (κ1) is 19.3. The van der Waals surface area contributed by atoms with Crippen molar-refractivity contribution in [3.05, 3.63) is 52.2 Å². The van der Waals surface area contributed by atoms with Crippen LogP contribution in [0.1, 0.15) is 46.7 Å². The van der Waals surface area contributed by atoms with Crippen LogP contribution in [0.15, 0.2) is 34.7 Å². The number of benzene rings is 2. The number of nitrogens with one attached hydrogen (secondary N) is 1. The predicted octanol–water partition coefficient (Wildman–Crippen LogP) is 5.40. The van der Waals surface area contributed by atoms with Gasteiger partial charge in [-0.15, -0.1) is 0 Å². The SMILES string of the molecule is COc1ccc(Cl)cc1NC(=O)c1oc2ccc3c(c2c1C)C(=O)CC(C)(C)O3. The molecule has 0 saturated carbocycles. The third kappa shape index (κ3) is 3.34. The average molecular weight is 414 g/mol. The standard InChI is InChI=1S/C22H20ClNO5/c1-11-18-16(7-8-17-19(18)14(25)10-22(2,3)29-17)28-20(11)21(26)24-13-9-12(23)5-6-15(13)27-4/h5-9H,10H2,1-4H3,(H,24,26). The van der Waals surface area contributed by atoms with Gasteiger partial charge in [-0.25, -0.2) is 0 Å². The molecule has 1 aliphatic heterocycles. The van der Waals surface area contributed by atoms with Gasteiger partial charge in [-0.3, -0.25) is 9.59 Å². The van der Waals surface area contributed by atoms with E-state index < -0.39 is 11.5 Å². The molecular formula is C22H20ClNO5. The van der Waals surface area contributed by atoms with Crippen LogP contribution in [0.25, 0.3) is 11.0 Å². The molecule has 0 atom stereocenters. The quantitative estimate of drug-likeness (QED) is 0.622. The molecule has 4 rings (SSSR count). The van der Waals surface area contributed by atoms with E-state index in [1.165, 1.54) is 7.11 Å². The summed E-state index contributed by atoms with van der Waals surface area (Å²) in [5.74, 6) is 0.602. The van der Waals surface area contributed by atoms with Gasteiger partial charge in [-0.05, 0) is 51.1 Å². The Morgan fingerprint density at radius 1 is 1.24 bits per heavy atom. The van der Waals surface area contributed by atoms with E-state index in [2.05, 4.69) is 5.32 Å². The van der Waals surface area contributed by atoms with Gasteiger partial charge in [-0.1, -0.05) is 11.6 Å². The molecule has 2 heterocycles. The Morgan fingerprint density at radius 3 is 2.72 bits per heavy atom. The topological polar surface area (TPSA) is 77.8 Å². The van der Waals surface area contributed by atoms with Gasteiger partial charge in [0, 0.05) is 16.0 Å². The number of anilines is 1. The van der Waals surface area contributed by atoms with Gasteiger partial charge < -0.3 is 19.2 Å². The van der Waals surface area contributed by atoms with E-state index in [-0.39, 0.29) is 18.0 Å². The van der Waals surface area contributed by atoms with Crippen LogP contribution >= 0.6 is 11.6 Å². The fourth-order valence-electron chi connectivity index (χ4n) is 3.67. The van der Waals surface area contributed by atoms with Crippen LogP contribution in [0, 0.1) is 6.92 Å². The Morgan fingerprint density at radius 2 is 2.00 bits per heavy atom. The lowest BCUT2D eigenvalue weighted by Gasteiger charge is -2.31. The fourth-order valence-corrected chi connectivity index (χ4v) is 3.84. The summed E-state index contributed by atoms with van der Waals surface area (Å²) in [5, 5.41) is 3.83. The van der Waals surface area contributed by atoms with Crippen LogP contribution in [-0.4, -0.2) is 24.4 Å². The van der Waals surface area contributed by atoms with Gasteiger partial charge in [0.05, 0.1) is 24.8 Å². The van der Waals surface area contributed by atoms with Gasteiger partial charge in [0.25, 0.3) is 5.91 Å². The van der Waals surface area contributed by atoms with E-state index in [1.807, 2.05) is 13.8 Å². The molecule has 0 saturated heterocycles. The number of halogens is 1. The van der Waals surface area contributed by atoms with E-state index in [0.717, 1.165) is 0 Å². The summed E-state index contributed by atoms with van der Waals surface area (Å²) >= 11 is 6.04. The first-order valence-electron chi connectivity index (χ1n) is 9.13. The Kier molecular flexibility index (Phi) is 4.54. The van der Waals surface area contributed by atoms with Gasteiger partial charge in [0.2, 0.25) is 0 Å². The zero-order valence-electron chi connectivity index (χ0n) is 16.5. The third-order valence-corrected chi connectivity index (χ3v) is 5.16. The molecule has 29 heavy (non-hydrogen) atoms. The van der Waals surface area contributed by atoms with E-state index in [9.17, 15) is 9.59 Å². The second-order valence-electron chi connectivity index (χ2n) is 7.63. The smallest absolute Gasteiger partial charge is 0.291 e. The highest BCUT2D eigenvalue weighted by Gasteiger charge is 2.35. The average Bonchev–Trinajstić information content (AvgIpc) is 2.97. The molecule has 0 spiro atoms. The van der Waals surface area contributed by atoms with Crippen LogP contribution in [0.2, 0.25) is 5.02 Å². The minimum Gasteiger partial charge on any atom is -0.495 e. The number of fused-ring (bicyclic) bond motifs is 3. The maximum absolute atomic E-state index is 12.9. The number of ether oxygens (including phenoxy) is 2. The summed E-state index contributed by atoms with van der Waals surface area (Å²) in [6, 6.07) is 8.35. The van der Waals surface area contributed by atoms with Crippen LogP contribution < -0.4 is 14.8 Å². The maximum Gasteiger partial charge on any atom is 0.291 e. The number of rotatable bonds is 3. The normalized spacial score (nSPS) is 15.0. The number of carbonyl (C=O) groups excluding carboxylic acids is 2. The molecule has 3 aromatic rings. The highest BCUT2D eigenvalue weighted by Crippen LogP contribution is 2.40. The van der Waals surface area contributed by atoms with Crippen molar-refractivity contribution in [3.8, 4) is 11.5 Å². The van der Waals surface area contributed by atoms with Crippen LogP contribution in [0.3, 0.4) is 0 Å². The second kappa shape index (κ2) is 6.81. The zero-order valence-corrected chi connectivity index (χ0v) is 17.3. The molecule has 150 valence electrons. The molecule has 1 aromatic heterocycles. The summed E-state index contributed by atoms with van der Waals surface area (Å²) in [4.78, 5) is 25.7. The number of carbonyl (C=O) groups is 2. The van der Waals surface area contributed by atoms with Crippen molar-refractivity contribution in [3.63, 3.8) is 0 Å². The number of aryl methyl sites for hydroxylation is 1. The van der Waals surface area contributed by atoms with E-state index in [4.69, 9.17) is 25.5 Å². The lowest BCUT2D eigenvalue weighted by atomic mass is 9.90. The van der Waals surface area contributed by atoms with Crippen molar-refractivity contribution in [2.24, 2.45) is 0 Å². The fraction of sp³-hybridized carbons (Fsp3) is 0.273. The number of amides is 1.